The van der Waals surface area contributed by atoms with E-state index in [-0.39, 0.29) is 48.5 Å². The molecule has 31 heavy (non-hydrogen) atoms. The number of aromatic nitrogens is 2. The predicted octanol–water partition coefficient (Wildman–Crippen LogP) is 5.51. The number of rotatable bonds is 4. The molecule has 168 valence electrons. The lowest BCUT2D eigenvalue weighted by Crippen LogP contribution is -2.34. The summed E-state index contributed by atoms with van der Waals surface area (Å²) in [7, 11) is 0. The summed E-state index contributed by atoms with van der Waals surface area (Å²) in [6.45, 7) is 7.95. The van der Waals surface area contributed by atoms with Gasteiger partial charge < -0.3 is 15.2 Å². The molecule has 1 aromatic heterocycles. The van der Waals surface area contributed by atoms with Gasteiger partial charge in [-0.05, 0) is 82.6 Å². The van der Waals surface area contributed by atoms with Crippen LogP contribution in [0.4, 0.5) is 10.1 Å². The van der Waals surface area contributed by atoms with Crippen LogP contribution >= 0.6 is 24.8 Å². The van der Waals surface area contributed by atoms with E-state index >= 15 is 0 Å². The summed E-state index contributed by atoms with van der Waals surface area (Å²) in [5, 5.41) is 6.37. The Balaban J connectivity index is 0.00000171. The van der Waals surface area contributed by atoms with Gasteiger partial charge in [0.05, 0.1) is 11.0 Å². The van der Waals surface area contributed by atoms with Gasteiger partial charge in [-0.2, -0.15) is 0 Å². The third kappa shape index (κ3) is 5.20. The highest BCUT2D eigenvalue weighted by Gasteiger charge is 2.22. The van der Waals surface area contributed by atoms with E-state index in [9.17, 15) is 9.18 Å². The average Bonchev–Trinajstić information content (AvgIpc) is 3.09. The maximum absolute atomic E-state index is 13.7. The number of carbonyl (C=O) groups is 1. The summed E-state index contributed by atoms with van der Waals surface area (Å²) in [6, 6.07) is 10.8. The number of piperidine rings is 1. The van der Waals surface area contributed by atoms with E-state index in [2.05, 4.69) is 29.0 Å². The van der Waals surface area contributed by atoms with E-state index in [1.807, 2.05) is 25.1 Å². The molecule has 1 fully saturated rings. The largest absolute Gasteiger partial charge is 0.326 e. The van der Waals surface area contributed by atoms with Crippen molar-refractivity contribution in [3.63, 3.8) is 0 Å². The molecule has 1 saturated heterocycles. The standard InChI is InChI=1S/C23H27FN4O.2ClH/c1-14(2)28-21-7-5-18(24)13-20(21)26-22(28)17-4-6-19(15(3)12-17)27-23(29)16-8-10-25-11-9-16;;/h4-7,12-14,16,25H,8-11H2,1-3H3,(H,27,29);2*1H. The number of nitrogens with zero attached hydrogens (tertiary/aromatic N) is 2. The van der Waals surface area contributed by atoms with Crippen LogP contribution < -0.4 is 10.6 Å². The van der Waals surface area contributed by atoms with Crippen molar-refractivity contribution in [2.24, 2.45) is 5.92 Å². The topological polar surface area (TPSA) is 59.0 Å². The zero-order valence-corrected chi connectivity index (χ0v) is 19.6. The Labute approximate surface area is 194 Å². The van der Waals surface area contributed by atoms with Crippen LogP contribution in [-0.2, 0) is 4.79 Å². The first-order valence-electron chi connectivity index (χ1n) is 10.2. The van der Waals surface area contributed by atoms with Crippen LogP contribution in [0.1, 0.15) is 38.3 Å². The van der Waals surface area contributed by atoms with Gasteiger partial charge in [0.1, 0.15) is 11.6 Å². The molecule has 2 heterocycles. The van der Waals surface area contributed by atoms with Crippen LogP contribution in [0.5, 0.6) is 0 Å². The van der Waals surface area contributed by atoms with Crippen LogP contribution in [0, 0.1) is 18.7 Å². The van der Waals surface area contributed by atoms with Crippen molar-refractivity contribution in [1.82, 2.24) is 14.9 Å². The fourth-order valence-corrected chi connectivity index (χ4v) is 4.06. The molecule has 0 aliphatic carbocycles. The highest BCUT2D eigenvalue weighted by molar-refractivity contribution is 5.93. The molecule has 0 unspecified atom stereocenters. The number of anilines is 1. The first-order valence-corrected chi connectivity index (χ1v) is 10.2. The zero-order valence-electron chi connectivity index (χ0n) is 17.9. The number of aryl methyl sites for hydroxylation is 1. The Morgan fingerprint density at radius 2 is 1.87 bits per heavy atom. The summed E-state index contributed by atoms with van der Waals surface area (Å²) in [6.07, 6.45) is 1.75. The molecule has 1 aliphatic rings. The molecule has 0 radical (unpaired) electrons. The van der Waals surface area contributed by atoms with E-state index in [4.69, 9.17) is 4.98 Å². The van der Waals surface area contributed by atoms with Gasteiger partial charge in [-0.3, -0.25) is 4.79 Å². The molecular weight excluding hydrogens is 438 g/mol. The number of fused-ring (bicyclic) bond motifs is 1. The van der Waals surface area contributed by atoms with Crippen LogP contribution in [0.25, 0.3) is 22.4 Å². The summed E-state index contributed by atoms with van der Waals surface area (Å²) in [5.41, 5.74) is 4.33. The Morgan fingerprint density at radius 1 is 1.16 bits per heavy atom. The van der Waals surface area contributed by atoms with Crippen molar-refractivity contribution in [3.8, 4) is 11.4 Å². The second-order valence-electron chi connectivity index (χ2n) is 8.08. The normalized spacial score (nSPS) is 14.2. The molecule has 1 aliphatic heterocycles. The third-order valence-corrected chi connectivity index (χ3v) is 5.62. The highest BCUT2D eigenvalue weighted by Crippen LogP contribution is 2.31. The Morgan fingerprint density at radius 3 is 2.52 bits per heavy atom. The number of imidazole rings is 1. The first-order chi connectivity index (χ1) is 13.9. The Bertz CT molecular complexity index is 1060. The number of halogens is 3. The maximum atomic E-state index is 13.7. The molecule has 0 atom stereocenters. The van der Waals surface area contributed by atoms with E-state index < -0.39 is 0 Å². The molecule has 1 amide bonds. The predicted molar refractivity (Wildman–Crippen MR) is 129 cm³/mol. The van der Waals surface area contributed by atoms with Crippen LogP contribution in [0.2, 0.25) is 0 Å². The first kappa shape index (κ1) is 25.1. The molecule has 5 nitrogen and oxygen atoms in total. The minimum Gasteiger partial charge on any atom is -0.326 e. The molecular formula is C23H29Cl2FN4O. The average molecular weight is 467 g/mol. The van der Waals surface area contributed by atoms with Crippen molar-refractivity contribution in [2.75, 3.05) is 18.4 Å². The molecule has 0 spiro atoms. The van der Waals surface area contributed by atoms with Gasteiger partial charge >= 0.3 is 0 Å². The molecule has 2 N–H and O–H groups in total. The molecule has 4 rings (SSSR count). The number of benzene rings is 2. The van der Waals surface area contributed by atoms with Crippen LogP contribution in [-0.4, -0.2) is 28.5 Å². The SMILES string of the molecule is Cc1cc(-c2nc3cc(F)ccc3n2C(C)C)ccc1NC(=O)C1CCNCC1.Cl.Cl. The van der Waals surface area contributed by atoms with Gasteiger partial charge in [0.2, 0.25) is 5.91 Å². The highest BCUT2D eigenvalue weighted by atomic mass is 35.5. The summed E-state index contributed by atoms with van der Waals surface area (Å²) < 4.78 is 15.8. The maximum Gasteiger partial charge on any atom is 0.227 e. The van der Waals surface area contributed by atoms with Gasteiger partial charge in [-0.1, -0.05) is 0 Å². The van der Waals surface area contributed by atoms with E-state index in [0.29, 0.717) is 5.52 Å². The van der Waals surface area contributed by atoms with Crippen molar-refractivity contribution >= 4 is 47.4 Å². The van der Waals surface area contributed by atoms with E-state index in [0.717, 1.165) is 54.1 Å². The number of hydrogen-bond donors (Lipinski definition) is 2. The van der Waals surface area contributed by atoms with Gasteiger partial charge in [0.15, 0.2) is 0 Å². The monoisotopic (exact) mass is 466 g/mol. The Hall–Kier alpha value is -2.15. The van der Waals surface area contributed by atoms with Crippen LogP contribution in [0.15, 0.2) is 36.4 Å². The number of nitrogens with one attached hydrogen (secondary N) is 2. The second-order valence-corrected chi connectivity index (χ2v) is 8.08. The zero-order chi connectivity index (χ0) is 20.5. The van der Waals surface area contributed by atoms with Crippen molar-refractivity contribution in [1.29, 1.82) is 0 Å². The van der Waals surface area contributed by atoms with E-state index in [1.165, 1.54) is 12.1 Å². The lowest BCUT2D eigenvalue weighted by atomic mass is 9.97. The second kappa shape index (κ2) is 10.4. The Kier molecular flexibility index (Phi) is 8.46. The number of hydrogen-bond acceptors (Lipinski definition) is 3. The number of amides is 1. The number of carbonyl (C=O) groups excluding carboxylic acids is 1. The fourth-order valence-electron chi connectivity index (χ4n) is 4.06. The minimum absolute atomic E-state index is 0. The summed E-state index contributed by atoms with van der Waals surface area (Å²) in [5.74, 6) is 0.673. The lowest BCUT2D eigenvalue weighted by Gasteiger charge is -2.22. The van der Waals surface area contributed by atoms with Gasteiger partial charge in [-0.25, -0.2) is 9.37 Å². The molecule has 0 bridgehead atoms. The van der Waals surface area contributed by atoms with Crippen molar-refractivity contribution in [2.45, 2.75) is 39.7 Å². The van der Waals surface area contributed by atoms with Crippen molar-refractivity contribution < 1.29 is 9.18 Å². The van der Waals surface area contributed by atoms with Gasteiger partial charge in [0.25, 0.3) is 0 Å². The van der Waals surface area contributed by atoms with Gasteiger partial charge in [0, 0.05) is 29.3 Å². The summed E-state index contributed by atoms with van der Waals surface area (Å²) >= 11 is 0. The van der Waals surface area contributed by atoms with Crippen LogP contribution in [0.3, 0.4) is 0 Å². The van der Waals surface area contributed by atoms with E-state index in [1.54, 1.807) is 6.07 Å². The lowest BCUT2D eigenvalue weighted by molar-refractivity contribution is -0.120. The minimum atomic E-state index is -0.287. The smallest absolute Gasteiger partial charge is 0.227 e. The molecule has 2 aromatic carbocycles. The summed E-state index contributed by atoms with van der Waals surface area (Å²) in [4.78, 5) is 17.3. The molecule has 8 heteroatoms. The third-order valence-electron chi connectivity index (χ3n) is 5.62. The fraction of sp³-hybridized carbons (Fsp3) is 0.391. The quantitative estimate of drug-likeness (QED) is 0.532. The van der Waals surface area contributed by atoms with Crippen molar-refractivity contribution in [3.05, 3.63) is 47.8 Å². The molecule has 3 aromatic rings. The van der Waals surface area contributed by atoms with Gasteiger partial charge in [-0.15, -0.1) is 24.8 Å². The molecule has 0 saturated carbocycles.